The topological polar surface area (TPSA) is 155 Å². The van der Waals surface area contributed by atoms with Crippen LogP contribution < -0.4 is 10.2 Å². The third-order valence-electron chi connectivity index (χ3n) is 1.09. The first kappa shape index (κ1) is 26.0. The Labute approximate surface area is 133 Å². The summed E-state index contributed by atoms with van der Waals surface area (Å²) in [6, 6.07) is 0. The second kappa shape index (κ2) is 16.4. The third kappa shape index (κ3) is 36.2. The standard InChI is InChI=1S/2C4H6O4.2Ag/c2*5-3(6)1-2-4(7)8;;/h2*1-2H2,(H,5,6)(H,7,8);;/q;;2*+1/p-2. The maximum absolute atomic E-state index is 9.64. The van der Waals surface area contributed by atoms with Crippen LogP contribution in [0.2, 0.25) is 0 Å². The van der Waals surface area contributed by atoms with Crippen molar-refractivity contribution in [2.45, 2.75) is 25.7 Å². The molecule has 0 aliphatic heterocycles. The van der Waals surface area contributed by atoms with E-state index in [1.807, 2.05) is 0 Å². The predicted molar refractivity (Wildman–Crippen MR) is 43.8 cm³/mol. The zero-order chi connectivity index (χ0) is 13.1. The molecule has 0 aromatic carbocycles. The summed E-state index contributed by atoms with van der Waals surface area (Å²) in [5.41, 5.74) is 0. The Kier molecular flexibility index (Phi) is 23.7. The Hall–Kier alpha value is -0.639. The van der Waals surface area contributed by atoms with Gasteiger partial charge in [-0.05, 0) is 12.8 Å². The molecule has 0 aromatic rings. The molecule has 0 aliphatic rings. The maximum atomic E-state index is 9.64. The molecule has 0 spiro atoms. The van der Waals surface area contributed by atoms with Gasteiger partial charge >= 0.3 is 56.7 Å². The van der Waals surface area contributed by atoms with E-state index in [1.54, 1.807) is 0 Å². The van der Waals surface area contributed by atoms with Crippen LogP contribution in [0.15, 0.2) is 0 Å². The summed E-state index contributed by atoms with van der Waals surface area (Å²) in [6.07, 6.45) is -1.53. The number of hydrogen-bond acceptors (Lipinski definition) is 6. The third-order valence-corrected chi connectivity index (χ3v) is 1.09. The van der Waals surface area contributed by atoms with Crippen LogP contribution in [0.25, 0.3) is 0 Å². The summed E-state index contributed by atoms with van der Waals surface area (Å²) >= 11 is 0. The molecule has 0 bridgehead atoms. The van der Waals surface area contributed by atoms with Gasteiger partial charge in [-0.2, -0.15) is 0 Å². The van der Waals surface area contributed by atoms with E-state index in [9.17, 15) is 29.4 Å². The van der Waals surface area contributed by atoms with E-state index in [1.165, 1.54) is 0 Å². The van der Waals surface area contributed by atoms with Crippen LogP contribution in [0.5, 0.6) is 0 Å². The quantitative estimate of drug-likeness (QED) is 0.412. The Morgan fingerprint density at radius 1 is 0.667 bits per heavy atom. The van der Waals surface area contributed by atoms with Crippen LogP contribution in [0.1, 0.15) is 25.7 Å². The molecule has 0 heterocycles. The van der Waals surface area contributed by atoms with Gasteiger partial charge in [0, 0.05) is 11.9 Å². The van der Waals surface area contributed by atoms with E-state index in [0.717, 1.165) is 0 Å². The predicted octanol–water partition coefficient (Wildman–Crippen LogP) is -2.80. The van der Waals surface area contributed by atoms with Gasteiger partial charge in [-0.15, -0.1) is 0 Å². The van der Waals surface area contributed by atoms with Crippen molar-refractivity contribution < 1.29 is 84.4 Å². The van der Waals surface area contributed by atoms with E-state index in [2.05, 4.69) is 0 Å². The number of carboxylic acids is 4. The minimum absolute atomic E-state index is 0. The van der Waals surface area contributed by atoms with Gasteiger partial charge < -0.3 is 30.0 Å². The molecule has 0 fully saturated rings. The smallest absolute Gasteiger partial charge is 0.550 e. The maximum Gasteiger partial charge on any atom is 1.00 e. The summed E-state index contributed by atoms with van der Waals surface area (Å²) in [6.45, 7) is 0. The molecular formula is C8H10Ag2O8. The molecule has 112 valence electrons. The van der Waals surface area contributed by atoms with Gasteiger partial charge in [0.2, 0.25) is 0 Å². The van der Waals surface area contributed by atoms with Crippen LogP contribution in [0.4, 0.5) is 0 Å². The molecular weight excluding hydrogens is 440 g/mol. The molecule has 18 heavy (non-hydrogen) atoms. The summed E-state index contributed by atoms with van der Waals surface area (Å²) in [4.78, 5) is 38.3. The van der Waals surface area contributed by atoms with Crippen molar-refractivity contribution in [1.29, 1.82) is 0 Å². The van der Waals surface area contributed by atoms with Gasteiger partial charge in [0.15, 0.2) is 0 Å². The van der Waals surface area contributed by atoms with E-state index < -0.39 is 36.7 Å². The molecule has 2 N–H and O–H groups in total. The first-order valence-electron chi connectivity index (χ1n) is 4.09. The second-order valence-corrected chi connectivity index (χ2v) is 2.53. The molecule has 0 saturated heterocycles. The number of rotatable bonds is 6. The number of carbonyl (C=O) groups excluding carboxylic acids is 2. The van der Waals surface area contributed by atoms with Crippen molar-refractivity contribution in [2.75, 3.05) is 0 Å². The van der Waals surface area contributed by atoms with Crippen LogP contribution in [-0.2, 0) is 63.9 Å². The molecule has 10 heteroatoms. The van der Waals surface area contributed by atoms with E-state index in [-0.39, 0.29) is 57.6 Å². The fourth-order valence-electron chi connectivity index (χ4n) is 0.418. The summed E-state index contributed by atoms with van der Waals surface area (Å²) < 4.78 is 0. The fourth-order valence-corrected chi connectivity index (χ4v) is 0.418. The number of carbonyl (C=O) groups is 4. The zero-order valence-electron chi connectivity index (χ0n) is 8.78. The number of aliphatic carboxylic acids is 4. The largest absolute Gasteiger partial charge is 1.00 e. The van der Waals surface area contributed by atoms with E-state index in [4.69, 9.17) is 10.2 Å². The average molecular weight is 450 g/mol. The molecule has 0 radical (unpaired) electrons. The van der Waals surface area contributed by atoms with Gasteiger partial charge in [-0.25, -0.2) is 0 Å². The Morgan fingerprint density at radius 2 is 0.889 bits per heavy atom. The first-order valence-corrected chi connectivity index (χ1v) is 4.09. The average Bonchev–Trinajstić information content (AvgIpc) is 2.12. The van der Waals surface area contributed by atoms with E-state index in [0.29, 0.717) is 0 Å². The van der Waals surface area contributed by atoms with Crippen molar-refractivity contribution in [3.8, 4) is 0 Å². The van der Waals surface area contributed by atoms with Crippen LogP contribution in [0, 0.1) is 0 Å². The molecule has 0 unspecified atom stereocenters. The molecule has 8 nitrogen and oxygen atoms in total. The second-order valence-electron chi connectivity index (χ2n) is 2.53. The molecule has 0 aromatic heterocycles. The normalized spacial score (nSPS) is 7.56. The van der Waals surface area contributed by atoms with Crippen molar-refractivity contribution in [3.63, 3.8) is 0 Å². The van der Waals surface area contributed by atoms with Crippen molar-refractivity contribution in [2.24, 2.45) is 0 Å². The minimum Gasteiger partial charge on any atom is -0.550 e. The van der Waals surface area contributed by atoms with Crippen LogP contribution >= 0.6 is 0 Å². The summed E-state index contributed by atoms with van der Waals surface area (Å²) in [5, 5.41) is 34.8. The summed E-state index contributed by atoms with van der Waals surface area (Å²) in [7, 11) is 0. The molecule has 0 atom stereocenters. The zero-order valence-corrected chi connectivity index (χ0v) is 11.7. The SMILES string of the molecule is O=C(O)CCC(=O)O.O=C([O-])CCC(=O)[O-].[Ag+].[Ag+]. The van der Waals surface area contributed by atoms with Gasteiger partial charge in [-0.3, -0.25) is 9.59 Å². The molecule has 0 saturated carbocycles. The Bertz CT molecular complexity index is 222. The van der Waals surface area contributed by atoms with Gasteiger partial charge in [0.25, 0.3) is 0 Å². The Balaban J connectivity index is -0.0000000980. The molecule has 0 rings (SSSR count). The van der Waals surface area contributed by atoms with Gasteiger partial charge in [-0.1, -0.05) is 0 Å². The Morgan fingerprint density at radius 3 is 1.00 bits per heavy atom. The monoisotopic (exact) mass is 448 g/mol. The van der Waals surface area contributed by atoms with E-state index >= 15 is 0 Å². The van der Waals surface area contributed by atoms with Crippen LogP contribution in [0.3, 0.4) is 0 Å². The number of hydrogen-bond donors (Lipinski definition) is 2. The number of carboxylic acid groups (broad SMARTS) is 4. The van der Waals surface area contributed by atoms with Crippen molar-refractivity contribution in [1.82, 2.24) is 0 Å². The molecule has 0 amide bonds. The minimum atomic E-state index is -1.37. The fraction of sp³-hybridized carbons (Fsp3) is 0.500. The first-order chi connectivity index (χ1) is 7.25. The molecule has 0 aliphatic carbocycles. The van der Waals surface area contributed by atoms with Crippen LogP contribution in [-0.4, -0.2) is 34.1 Å². The van der Waals surface area contributed by atoms with Crippen molar-refractivity contribution >= 4 is 23.9 Å². The summed E-state index contributed by atoms with van der Waals surface area (Å²) in [5.74, 6) is -4.89. The van der Waals surface area contributed by atoms with Gasteiger partial charge in [0.1, 0.15) is 0 Å². The van der Waals surface area contributed by atoms with Gasteiger partial charge in [0.05, 0.1) is 12.8 Å². The van der Waals surface area contributed by atoms with Crippen molar-refractivity contribution in [3.05, 3.63) is 0 Å².